The Balaban J connectivity index is 2.17. The van der Waals surface area contributed by atoms with E-state index in [9.17, 15) is 4.79 Å². The van der Waals surface area contributed by atoms with Crippen molar-refractivity contribution in [3.63, 3.8) is 0 Å². The van der Waals surface area contributed by atoms with Crippen LogP contribution < -0.4 is 0 Å². The van der Waals surface area contributed by atoms with Crippen molar-refractivity contribution in [3.8, 4) is 0 Å². The highest BCUT2D eigenvalue weighted by Crippen LogP contribution is 2.40. The normalized spacial score (nSPS) is 16.7. The third kappa shape index (κ3) is 2.57. The molecule has 0 aliphatic heterocycles. The summed E-state index contributed by atoms with van der Waals surface area (Å²) in [4.78, 5) is 11.6. The molecular weight excluding hydrogens is 228 g/mol. The number of carbonyl (C=O) groups excluding carboxylic acids is 1. The summed E-state index contributed by atoms with van der Waals surface area (Å²) in [7, 11) is 0. The van der Waals surface area contributed by atoms with Gasteiger partial charge in [-0.2, -0.15) is 5.10 Å². The van der Waals surface area contributed by atoms with Crippen molar-refractivity contribution in [3.05, 3.63) is 17.0 Å². The summed E-state index contributed by atoms with van der Waals surface area (Å²) in [5.74, 6) is 0.598. The highest BCUT2D eigenvalue weighted by molar-refractivity contribution is 5.73. The molecule has 1 aliphatic carbocycles. The first-order valence-electron chi connectivity index (χ1n) is 6.74. The molecule has 1 saturated carbocycles. The molecule has 2 rings (SSSR count). The van der Waals surface area contributed by atoms with E-state index in [1.165, 1.54) is 12.8 Å². The van der Waals surface area contributed by atoms with Crippen molar-refractivity contribution in [2.45, 2.75) is 53.0 Å². The van der Waals surface area contributed by atoms with Crippen LogP contribution in [0.25, 0.3) is 0 Å². The van der Waals surface area contributed by atoms with Crippen molar-refractivity contribution in [2.75, 3.05) is 6.61 Å². The van der Waals surface area contributed by atoms with Crippen molar-refractivity contribution < 1.29 is 9.53 Å². The van der Waals surface area contributed by atoms with Gasteiger partial charge in [0.15, 0.2) is 0 Å². The fourth-order valence-corrected chi connectivity index (χ4v) is 2.48. The van der Waals surface area contributed by atoms with Gasteiger partial charge < -0.3 is 4.74 Å². The van der Waals surface area contributed by atoms with E-state index >= 15 is 0 Å². The molecule has 0 N–H and O–H groups in total. The Morgan fingerprint density at radius 2 is 2.17 bits per heavy atom. The number of carbonyl (C=O) groups is 1. The van der Waals surface area contributed by atoms with Crippen LogP contribution in [0, 0.1) is 19.8 Å². The third-order valence-corrected chi connectivity index (χ3v) is 3.79. The molecular formula is C14H22N2O2. The maximum absolute atomic E-state index is 11.6. The molecule has 1 aromatic rings. The lowest BCUT2D eigenvalue weighted by atomic mass is 10.1. The van der Waals surface area contributed by atoms with Crippen LogP contribution in [0.1, 0.15) is 49.7 Å². The molecule has 100 valence electrons. The van der Waals surface area contributed by atoms with E-state index < -0.39 is 0 Å². The van der Waals surface area contributed by atoms with Gasteiger partial charge in [0.25, 0.3) is 0 Å². The Morgan fingerprint density at radius 1 is 1.50 bits per heavy atom. The van der Waals surface area contributed by atoms with E-state index in [1.807, 2.05) is 20.8 Å². The molecule has 1 unspecified atom stereocenters. The van der Waals surface area contributed by atoms with E-state index in [0.29, 0.717) is 19.1 Å². The van der Waals surface area contributed by atoms with Crippen LogP contribution in [-0.2, 0) is 16.0 Å². The Hall–Kier alpha value is -1.32. The summed E-state index contributed by atoms with van der Waals surface area (Å²) < 4.78 is 7.09. The smallest absolute Gasteiger partial charge is 0.310 e. The Kier molecular flexibility index (Phi) is 3.73. The van der Waals surface area contributed by atoms with Gasteiger partial charge in [-0.25, -0.2) is 0 Å². The van der Waals surface area contributed by atoms with E-state index in [-0.39, 0.29) is 5.97 Å². The zero-order valence-electron chi connectivity index (χ0n) is 11.7. The van der Waals surface area contributed by atoms with Crippen molar-refractivity contribution in [1.29, 1.82) is 0 Å². The van der Waals surface area contributed by atoms with Crippen LogP contribution in [0.3, 0.4) is 0 Å². The van der Waals surface area contributed by atoms with Crippen LogP contribution in [0.15, 0.2) is 0 Å². The fraction of sp³-hybridized carbons (Fsp3) is 0.714. The van der Waals surface area contributed by atoms with E-state index in [2.05, 4.69) is 16.7 Å². The molecule has 0 aromatic carbocycles. The molecule has 0 bridgehead atoms. The zero-order chi connectivity index (χ0) is 13.3. The molecule has 1 aromatic heterocycles. The van der Waals surface area contributed by atoms with Gasteiger partial charge in [-0.3, -0.25) is 9.48 Å². The largest absolute Gasteiger partial charge is 0.466 e. The average molecular weight is 250 g/mol. The van der Waals surface area contributed by atoms with Gasteiger partial charge >= 0.3 is 5.97 Å². The SMILES string of the molecule is CCOC(=O)Cc1c(C)nn(C(C)C2CC2)c1C. The number of rotatable bonds is 5. The second kappa shape index (κ2) is 5.12. The van der Waals surface area contributed by atoms with Gasteiger partial charge in [0.05, 0.1) is 24.8 Å². The van der Waals surface area contributed by atoms with E-state index in [0.717, 1.165) is 22.9 Å². The summed E-state index contributed by atoms with van der Waals surface area (Å²) in [5.41, 5.74) is 3.09. The van der Waals surface area contributed by atoms with Gasteiger partial charge in [-0.1, -0.05) is 0 Å². The summed E-state index contributed by atoms with van der Waals surface area (Å²) in [6.07, 6.45) is 2.93. The van der Waals surface area contributed by atoms with Crippen molar-refractivity contribution in [1.82, 2.24) is 9.78 Å². The second-order valence-corrected chi connectivity index (χ2v) is 5.15. The molecule has 0 amide bonds. The number of hydrogen-bond acceptors (Lipinski definition) is 3. The standard InChI is InChI=1S/C14H22N2O2/c1-5-18-14(17)8-13-9(2)15-16(11(13)4)10(3)12-6-7-12/h10,12H,5-8H2,1-4H3. The maximum Gasteiger partial charge on any atom is 0.310 e. The Labute approximate surface area is 108 Å². The minimum Gasteiger partial charge on any atom is -0.466 e. The lowest BCUT2D eigenvalue weighted by molar-refractivity contribution is -0.142. The summed E-state index contributed by atoms with van der Waals surface area (Å²) in [6, 6.07) is 0.444. The topological polar surface area (TPSA) is 44.1 Å². The number of hydrogen-bond donors (Lipinski definition) is 0. The molecule has 0 radical (unpaired) electrons. The van der Waals surface area contributed by atoms with Crippen LogP contribution >= 0.6 is 0 Å². The average Bonchev–Trinajstić information content (AvgIpc) is 3.12. The van der Waals surface area contributed by atoms with Crippen LogP contribution in [0.5, 0.6) is 0 Å². The first-order valence-corrected chi connectivity index (χ1v) is 6.74. The second-order valence-electron chi connectivity index (χ2n) is 5.15. The summed E-state index contributed by atoms with van der Waals surface area (Å²) in [6.45, 7) is 8.50. The lowest BCUT2D eigenvalue weighted by Crippen LogP contribution is -2.12. The van der Waals surface area contributed by atoms with E-state index in [1.54, 1.807) is 0 Å². The fourth-order valence-electron chi connectivity index (χ4n) is 2.48. The number of ether oxygens (including phenoxy) is 1. The molecule has 1 fully saturated rings. The quantitative estimate of drug-likeness (QED) is 0.754. The number of aryl methyl sites for hydroxylation is 1. The highest BCUT2D eigenvalue weighted by Gasteiger charge is 2.31. The molecule has 0 saturated heterocycles. The van der Waals surface area contributed by atoms with Crippen molar-refractivity contribution >= 4 is 5.97 Å². The summed E-state index contributed by atoms with van der Waals surface area (Å²) >= 11 is 0. The highest BCUT2D eigenvalue weighted by atomic mass is 16.5. The predicted octanol–water partition coefficient (Wildman–Crippen LogP) is 2.58. The molecule has 1 heterocycles. The molecule has 1 atom stereocenters. The minimum atomic E-state index is -0.165. The van der Waals surface area contributed by atoms with Gasteiger partial charge in [-0.05, 0) is 46.5 Å². The maximum atomic E-state index is 11.6. The molecule has 1 aliphatic rings. The Bertz CT molecular complexity index is 447. The zero-order valence-corrected chi connectivity index (χ0v) is 11.7. The summed E-state index contributed by atoms with van der Waals surface area (Å²) in [5, 5.41) is 4.59. The molecule has 0 spiro atoms. The lowest BCUT2D eigenvalue weighted by Gasteiger charge is -2.13. The van der Waals surface area contributed by atoms with Crippen molar-refractivity contribution in [2.24, 2.45) is 5.92 Å². The first-order chi connectivity index (χ1) is 8.54. The van der Waals surface area contributed by atoms with Gasteiger partial charge in [0.1, 0.15) is 0 Å². The predicted molar refractivity (Wildman–Crippen MR) is 69.5 cm³/mol. The molecule has 4 nitrogen and oxygen atoms in total. The van der Waals surface area contributed by atoms with Crippen LogP contribution in [0.4, 0.5) is 0 Å². The minimum absolute atomic E-state index is 0.165. The van der Waals surface area contributed by atoms with Gasteiger partial charge in [0, 0.05) is 11.3 Å². The van der Waals surface area contributed by atoms with Gasteiger partial charge in [-0.15, -0.1) is 0 Å². The first kappa shape index (κ1) is 13.1. The molecule has 4 heteroatoms. The third-order valence-electron chi connectivity index (χ3n) is 3.79. The van der Waals surface area contributed by atoms with E-state index in [4.69, 9.17) is 4.74 Å². The number of esters is 1. The monoisotopic (exact) mass is 250 g/mol. The number of aromatic nitrogens is 2. The Morgan fingerprint density at radius 3 is 2.72 bits per heavy atom. The van der Waals surface area contributed by atoms with Crippen LogP contribution in [-0.4, -0.2) is 22.4 Å². The van der Waals surface area contributed by atoms with Crippen LogP contribution in [0.2, 0.25) is 0 Å². The number of nitrogens with zero attached hydrogens (tertiary/aromatic N) is 2. The molecule has 18 heavy (non-hydrogen) atoms. The van der Waals surface area contributed by atoms with Gasteiger partial charge in [0.2, 0.25) is 0 Å².